The number of aromatic amines is 1. The number of pyridine rings is 1. The molecule has 3 aromatic heterocycles. The number of nitrogens with zero attached hydrogens (tertiary/aromatic N) is 4. The number of nitriles is 1. The Morgan fingerprint density at radius 2 is 2.00 bits per heavy atom. The summed E-state index contributed by atoms with van der Waals surface area (Å²) < 4.78 is 0. The highest BCUT2D eigenvalue weighted by atomic mass is 32.2. The Bertz CT molecular complexity index is 907. The molecule has 1 aliphatic heterocycles. The van der Waals surface area contributed by atoms with Gasteiger partial charge in [-0.1, -0.05) is 0 Å². The molecular weight excluding hydrogens is 320 g/mol. The van der Waals surface area contributed by atoms with E-state index >= 15 is 0 Å². The number of nitrogens with one attached hydrogen (secondary N) is 2. The lowest BCUT2D eigenvalue weighted by atomic mass is 9.94. The third-order valence-corrected chi connectivity index (χ3v) is 5.27. The first kappa shape index (κ1) is 15.0. The molecule has 0 amide bonds. The molecule has 0 aliphatic carbocycles. The topological polar surface area (TPSA) is 90.3 Å². The Labute approximate surface area is 143 Å². The molecule has 0 unspecified atom stereocenters. The highest BCUT2D eigenvalue weighted by molar-refractivity contribution is 7.99. The molecule has 24 heavy (non-hydrogen) atoms. The number of anilines is 1. The lowest BCUT2D eigenvalue weighted by Crippen LogP contribution is -2.40. The van der Waals surface area contributed by atoms with E-state index in [-0.39, 0.29) is 0 Å². The summed E-state index contributed by atoms with van der Waals surface area (Å²) in [5, 5.41) is 14.0. The number of aromatic nitrogens is 4. The summed E-state index contributed by atoms with van der Waals surface area (Å²) >= 11 is 1.89. The molecule has 1 saturated heterocycles. The molecule has 4 heterocycles. The van der Waals surface area contributed by atoms with Crippen molar-refractivity contribution in [2.45, 2.75) is 18.4 Å². The van der Waals surface area contributed by atoms with Crippen molar-refractivity contribution >= 4 is 28.6 Å². The van der Waals surface area contributed by atoms with Crippen LogP contribution in [-0.4, -0.2) is 37.0 Å². The van der Waals surface area contributed by atoms with Crippen molar-refractivity contribution in [1.82, 2.24) is 19.9 Å². The summed E-state index contributed by atoms with van der Waals surface area (Å²) in [5.41, 5.74) is 1.21. The van der Waals surface area contributed by atoms with Crippen molar-refractivity contribution in [1.29, 1.82) is 5.26 Å². The van der Waals surface area contributed by atoms with Crippen LogP contribution >= 0.6 is 11.8 Å². The van der Waals surface area contributed by atoms with Crippen molar-refractivity contribution in [2.24, 2.45) is 0 Å². The van der Waals surface area contributed by atoms with Gasteiger partial charge in [-0.15, -0.1) is 0 Å². The molecule has 3 aromatic rings. The number of thioether (sulfide) groups is 1. The molecule has 0 bridgehead atoms. The lowest BCUT2D eigenvalue weighted by Gasteiger charge is -2.31. The van der Waals surface area contributed by atoms with Gasteiger partial charge in [0, 0.05) is 29.5 Å². The average molecular weight is 336 g/mol. The van der Waals surface area contributed by atoms with E-state index in [4.69, 9.17) is 0 Å². The zero-order chi connectivity index (χ0) is 16.4. The van der Waals surface area contributed by atoms with E-state index in [1.165, 1.54) is 0 Å². The monoisotopic (exact) mass is 336 g/mol. The number of H-pyrrole nitrogens is 1. The van der Waals surface area contributed by atoms with Gasteiger partial charge in [0.2, 0.25) is 0 Å². The summed E-state index contributed by atoms with van der Waals surface area (Å²) in [6, 6.07) is 8.15. The van der Waals surface area contributed by atoms with Crippen LogP contribution in [0.2, 0.25) is 0 Å². The van der Waals surface area contributed by atoms with Gasteiger partial charge in [0.25, 0.3) is 0 Å². The van der Waals surface area contributed by atoms with E-state index in [2.05, 4.69) is 31.3 Å². The number of hydrogen-bond donors (Lipinski definition) is 2. The summed E-state index contributed by atoms with van der Waals surface area (Å²) in [4.78, 5) is 16.4. The molecule has 6 nitrogen and oxygen atoms in total. The minimum Gasteiger partial charge on any atom is -0.352 e. The summed E-state index contributed by atoms with van der Waals surface area (Å²) in [7, 11) is 0. The van der Waals surface area contributed by atoms with Crippen molar-refractivity contribution in [2.75, 3.05) is 16.8 Å². The fourth-order valence-electron chi connectivity index (χ4n) is 2.94. The maximum Gasteiger partial charge on any atom is 0.162 e. The van der Waals surface area contributed by atoms with Gasteiger partial charge < -0.3 is 10.3 Å². The maximum absolute atomic E-state index is 9.63. The minimum absolute atomic E-state index is 0.529. The van der Waals surface area contributed by atoms with Crippen LogP contribution < -0.4 is 5.32 Å². The normalized spacial score (nSPS) is 16.6. The summed E-state index contributed by atoms with van der Waals surface area (Å²) in [5.74, 6) is 3.30. The van der Waals surface area contributed by atoms with Crippen LogP contribution in [0.4, 0.5) is 5.82 Å². The van der Waals surface area contributed by atoms with Gasteiger partial charge >= 0.3 is 0 Å². The van der Waals surface area contributed by atoms with E-state index in [1.54, 1.807) is 12.4 Å². The summed E-state index contributed by atoms with van der Waals surface area (Å²) in [6.07, 6.45) is 6.97. The zero-order valence-electron chi connectivity index (χ0n) is 13.0. The first-order valence-corrected chi connectivity index (χ1v) is 8.98. The van der Waals surface area contributed by atoms with Crippen LogP contribution in [-0.2, 0) is 0 Å². The van der Waals surface area contributed by atoms with E-state index in [0.717, 1.165) is 40.9 Å². The van der Waals surface area contributed by atoms with Crippen molar-refractivity contribution in [3.05, 3.63) is 36.8 Å². The van der Waals surface area contributed by atoms with E-state index < -0.39 is 5.54 Å². The van der Waals surface area contributed by atoms with Gasteiger partial charge in [0.05, 0.1) is 6.07 Å². The van der Waals surface area contributed by atoms with Gasteiger partial charge in [-0.05, 0) is 42.5 Å². The van der Waals surface area contributed by atoms with Crippen LogP contribution in [0.5, 0.6) is 0 Å². The Hall–Kier alpha value is -2.59. The fraction of sp³-hybridized carbons (Fsp3) is 0.294. The highest BCUT2D eigenvalue weighted by Gasteiger charge is 2.32. The molecule has 7 heteroatoms. The van der Waals surface area contributed by atoms with Crippen molar-refractivity contribution in [3.63, 3.8) is 0 Å². The Morgan fingerprint density at radius 1 is 1.17 bits per heavy atom. The summed E-state index contributed by atoms with van der Waals surface area (Å²) in [6.45, 7) is 0. The van der Waals surface area contributed by atoms with E-state index in [9.17, 15) is 5.26 Å². The Kier molecular flexibility index (Phi) is 3.82. The molecule has 0 atom stereocenters. The van der Waals surface area contributed by atoms with Crippen molar-refractivity contribution < 1.29 is 0 Å². The quantitative estimate of drug-likeness (QED) is 0.763. The largest absolute Gasteiger partial charge is 0.352 e. The lowest BCUT2D eigenvalue weighted by molar-refractivity contribution is 0.543. The second-order valence-electron chi connectivity index (χ2n) is 5.80. The SMILES string of the molecule is N#CC1(Nc2ccnc(-c3ccnc4[nH]ccc34)n2)CCSCC1. The van der Waals surface area contributed by atoms with Gasteiger partial charge in [-0.25, -0.2) is 15.0 Å². The predicted molar refractivity (Wildman–Crippen MR) is 95.6 cm³/mol. The fourth-order valence-corrected chi connectivity index (χ4v) is 4.13. The average Bonchev–Trinajstić information content (AvgIpc) is 3.11. The number of fused-ring (bicyclic) bond motifs is 1. The van der Waals surface area contributed by atoms with Gasteiger partial charge in [0.1, 0.15) is 17.0 Å². The van der Waals surface area contributed by atoms with Crippen LogP contribution in [0.15, 0.2) is 36.8 Å². The number of hydrogen-bond acceptors (Lipinski definition) is 6. The molecular formula is C17H16N6S. The second-order valence-corrected chi connectivity index (χ2v) is 7.02. The minimum atomic E-state index is -0.529. The van der Waals surface area contributed by atoms with Crippen LogP contribution in [0.3, 0.4) is 0 Å². The molecule has 120 valence electrons. The van der Waals surface area contributed by atoms with Crippen LogP contribution in [0.25, 0.3) is 22.4 Å². The van der Waals surface area contributed by atoms with E-state index in [0.29, 0.717) is 11.6 Å². The molecule has 0 aromatic carbocycles. The third-order valence-electron chi connectivity index (χ3n) is 4.28. The van der Waals surface area contributed by atoms with Gasteiger partial charge in [0.15, 0.2) is 5.82 Å². The number of rotatable bonds is 3. The molecule has 0 spiro atoms. The smallest absolute Gasteiger partial charge is 0.162 e. The standard InChI is InChI=1S/C17H16N6S/c18-11-17(4-9-24-10-5-17)23-14-3-8-21-16(22-14)13-2-7-20-15-12(13)1-6-19-15/h1-3,6-8H,4-5,9-10H2,(H,19,20)(H,21,22,23). The van der Waals surface area contributed by atoms with Crippen LogP contribution in [0, 0.1) is 11.3 Å². The molecule has 2 N–H and O–H groups in total. The molecule has 1 aliphatic rings. The van der Waals surface area contributed by atoms with Crippen molar-refractivity contribution in [3.8, 4) is 17.5 Å². The second kappa shape index (κ2) is 6.13. The predicted octanol–water partition coefficient (Wildman–Crippen LogP) is 3.22. The molecule has 4 rings (SSSR count). The zero-order valence-corrected chi connectivity index (χ0v) is 13.8. The van der Waals surface area contributed by atoms with Gasteiger partial charge in [-0.3, -0.25) is 0 Å². The third kappa shape index (κ3) is 2.69. The highest BCUT2D eigenvalue weighted by Crippen LogP contribution is 2.30. The first-order valence-electron chi connectivity index (χ1n) is 7.82. The molecule has 0 saturated carbocycles. The van der Waals surface area contributed by atoms with E-state index in [1.807, 2.05) is 36.2 Å². The van der Waals surface area contributed by atoms with Gasteiger partial charge in [-0.2, -0.15) is 17.0 Å². The maximum atomic E-state index is 9.63. The Morgan fingerprint density at radius 3 is 2.83 bits per heavy atom. The first-order chi connectivity index (χ1) is 11.8. The Balaban J connectivity index is 1.69. The molecule has 0 radical (unpaired) electrons. The van der Waals surface area contributed by atoms with Crippen LogP contribution in [0.1, 0.15) is 12.8 Å². The molecule has 1 fully saturated rings.